The summed E-state index contributed by atoms with van der Waals surface area (Å²) in [6.45, 7) is 0. The first-order valence-electron chi connectivity index (χ1n) is 9.78. The van der Waals surface area contributed by atoms with Crippen LogP contribution >= 0.6 is 0 Å². The van der Waals surface area contributed by atoms with Gasteiger partial charge in [0, 0.05) is 23.9 Å². The van der Waals surface area contributed by atoms with E-state index >= 15 is 0 Å². The molecule has 2 N–H and O–H groups in total. The van der Waals surface area contributed by atoms with Crippen LogP contribution < -0.4 is 5.73 Å². The molecule has 4 rings (SSSR count). The summed E-state index contributed by atoms with van der Waals surface area (Å²) in [5.74, 6) is -1.24. The average molecular weight is 399 g/mol. The molecule has 0 saturated carbocycles. The fraction of sp³-hybridized carbons (Fsp3) is 0.391. The quantitative estimate of drug-likeness (QED) is 0.756. The van der Waals surface area contributed by atoms with Gasteiger partial charge in [-0.05, 0) is 43.2 Å². The Labute approximate surface area is 175 Å². The molecule has 1 fully saturated rings. The lowest BCUT2D eigenvalue weighted by molar-refractivity contribution is 0.0600. The van der Waals surface area contributed by atoms with Gasteiger partial charge in [0.1, 0.15) is 6.07 Å². The summed E-state index contributed by atoms with van der Waals surface area (Å²) in [6.07, 6.45) is 3.95. The lowest BCUT2D eigenvalue weighted by Gasteiger charge is -2.48. The van der Waals surface area contributed by atoms with Gasteiger partial charge in [0.25, 0.3) is 0 Å². The summed E-state index contributed by atoms with van der Waals surface area (Å²) in [7, 11) is 3.36. The Balaban J connectivity index is 1.96. The molecule has 4 atom stereocenters. The minimum absolute atomic E-state index is 0.0171. The second-order valence-corrected chi connectivity index (χ2v) is 8.05. The number of allylic oxidation sites excluding steroid dienone is 2. The van der Waals surface area contributed by atoms with Crippen molar-refractivity contribution in [2.24, 2.45) is 17.1 Å². The van der Waals surface area contributed by atoms with E-state index in [2.05, 4.69) is 29.2 Å². The molecule has 3 aliphatic rings. The molecule has 1 aromatic carbocycles. The van der Waals surface area contributed by atoms with Gasteiger partial charge >= 0.3 is 5.97 Å². The molecule has 7 heteroatoms. The smallest absolute Gasteiger partial charge is 0.337 e. The highest BCUT2D eigenvalue weighted by Gasteiger charge is 2.58. The van der Waals surface area contributed by atoms with Crippen LogP contribution in [0.4, 0.5) is 0 Å². The van der Waals surface area contributed by atoms with E-state index in [4.69, 9.17) is 10.5 Å². The number of rotatable bonds is 2. The maximum Gasteiger partial charge on any atom is 0.337 e. The summed E-state index contributed by atoms with van der Waals surface area (Å²) in [5, 5.41) is 30.2. The number of benzene rings is 1. The van der Waals surface area contributed by atoms with Crippen molar-refractivity contribution in [3.05, 3.63) is 58.3 Å². The Morgan fingerprint density at radius 1 is 1.20 bits per heavy atom. The van der Waals surface area contributed by atoms with Crippen molar-refractivity contribution >= 4 is 5.97 Å². The molecular weight excluding hydrogens is 378 g/mol. The maximum absolute atomic E-state index is 11.8. The molecule has 0 aromatic heterocycles. The molecule has 0 radical (unpaired) electrons. The van der Waals surface area contributed by atoms with Gasteiger partial charge in [0.15, 0.2) is 5.41 Å². The van der Waals surface area contributed by atoms with Crippen molar-refractivity contribution in [3.8, 4) is 18.2 Å². The lowest BCUT2D eigenvalue weighted by atomic mass is 9.56. The topological polar surface area (TPSA) is 127 Å². The van der Waals surface area contributed by atoms with Crippen LogP contribution in [0, 0.1) is 45.3 Å². The number of nitriles is 3. The molecule has 0 unspecified atom stereocenters. The standard InChI is InChI=1S/C23H21N5O2/c1-28-15-7-8-18(28)19-16(9-15)17(10-24)21(27)23(11-25,12-26)20(19)13-3-5-14(6-4-13)22(29)30-2/h3-6,9,15,18-20H,7-8,27H2,1-2H3/t15-,18-,19-,20+/m1/s1. The van der Waals surface area contributed by atoms with Crippen LogP contribution in [0.1, 0.15) is 34.7 Å². The molecule has 1 saturated heterocycles. The Kier molecular flexibility index (Phi) is 4.61. The van der Waals surface area contributed by atoms with E-state index < -0.39 is 17.3 Å². The second kappa shape index (κ2) is 7.02. The van der Waals surface area contributed by atoms with Crippen molar-refractivity contribution in [3.63, 3.8) is 0 Å². The number of nitrogens with zero attached hydrogens (tertiary/aromatic N) is 4. The van der Waals surface area contributed by atoms with Crippen LogP contribution in [-0.2, 0) is 4.74 Å². The third-order valence-electron chi connectivity index (χ3n) is 6.91. The molecule has 1 aromatic rings. The third-order valence-corrected chi connectivity index (χ3v) is 6.91. The molecule has 2 bridgehead atoms. The number of nitrogens with two attached hydrogens (primary N) is 1. The van der Waals surface area contributed by atoms with Gasteiger partial charge in [-0.3, -0.25) is 4.90 Å². The number of fused-ring (bicyclic) bond motifs is 4. The van der Waals surface area contributed by atoms with Gasteiger partial charge in [0.05, 0.1) is 36.1 Å². The maximum atomic E-state index is 11.8. The van der Waals surface area contributed by atoms with E-state index in [1.54, 1.807) is 24.3 Å². The highest BCUT2D eigenvalue weighted by Crippen LogP contribution is 2.58. The van der Waals surface area contributed by atoms with Crippen LogP contribution in [-0.4, -0.2) is 37.1 Å². The highest BCUT2D eigenvalue weighted by atomic mass is 16.5. The van der Waals surface area contributed by atoms with Crippen molar-refractivity contribution in [1.82, 2.24) is 4.90 Å². The first kappa shape index (κ1) is 19.7. The van der Waals surface area contributed by atoms with Crippen LogP contribution in [0.3, 0.4) is 0 Å². The molecule has 7 nitrogen and oxygen atoms in total. The van der Waals surface area contributed by atoms with E-state index in [0.29, 0.717) is 5.56 Å². The van der Waals surface area contributed by atoms with Crippen molar-refractivity contribution < 1.29 is 9.53 Å². The number of likely N-dealkylation sites (N-methyl/N-ethyl adjacent to an activating group) is 1. The zero-order valence-corrected chi connectivity index (χ0v) is 16.8. The predicted molar refractivity (Wildman–Crippen MR) is 107 cm³/mol. The Hall–Kier alpha value is -3.60. The summed E-state index contributed by atoms with van der Waals surface area (Å²) in [4.78, 5) is 14.1. The average Bonchev–Trinajstić information content (AvgIpc) is 3.01. The van der Waals surface area contributed by atoms with Gasteiger partial charge < -0.3 is 10.5 Å². The molecule has 0 amide bonds. The number of carbonyl (C=O) groups is 1. The van der Waals surface area contributed by atoms with Gasteiger partial charge in [-0.2, -0.15) is 15.8 Å². The largest absolute Gasteiger partial charge is 0.465 e. The Morgan fingerprint density at radius 2 is 1.87 bits per heavy atom. The predicted octanol–water partition coefficient (Wildman–Crippen LogP) is 2.36. The third kappa shape index (κ3) is 2.48. The van der Waals surface area contributed by atoms with Gasteiger partial charge in [-0.25, -0.2) is 4.79 Å². The molecular formula is C23H21N5O2. The fourth-order valence-corrected chi connectivity index (χ4v) is 5.41. The number of hydrogen-bond donors (Lipinski definition) is 1. The minimum Gasteiger partial charge on any atom is -0.465 e. The summed E-state index contributed by atoms with van der Waals surface area (Å²) >= 11 is 0. The van der Waals surface area contributed by atoms with Gasteiger partial charge in [-0.1, -0.05) is 18.2 Å². The van der Waals surface area contributed by atoms with Gasteiger partial charge in [0.2, 0.25) is 0 Å². The highest BCUT2D eigenvalue weighted by molar-refractivity contribution is 5.89. The fourth-order valence-electron chi connectivity index (χ4n) is 5.41. The lowest BCUT2D eigenvalue weighted by Crippen LogP contribution is -2.51. The van der Waals surface area contributed by atoms with E-state index in [1.807, 2.05) is 7.05 Å². The first-order valence-corrected chi connectivity index (χ1v) is 9.78. The van der Waals surface area contributed by atoms with E-state index in [-0.39, 0.29) is 29.3 Å². The van der Waals surface area contributed by atoms with Crippen molar-refractivity contribution in [2.75, 3.05) is 14.2 Å². The second-order valence-electron chi connectivity index (χ2n) is 8.05. The molecule has 2 aliphatic heterocycles. The zero-order chi connectivity index (χ0) is 21.6. The summed E-state index contributed by atoms with van der Waals surface area (Å²) in [6, 6.07) is 13.6. The number of ether oxygens (including phenoxy) is 1. The first-order chi connectivity index (χ1) is 14.4. The van der Waals surface area contributed by atoms with E-state index in [9.17, 15) is 20.6 Å². The monoisotopic (exact) mass is 399 g/mol. The minimum atomic E-state index is -1.67. The molecule has 1 aliphatic carbocycles. The van der Waals surface area contributed by atoms with Crippen LogP contribution in [0.15, 0.2) is 47.2 Å². The molecule has 0 spiro atoms. The summed E-state index contributed by atoms with van der Waals surface area (Å²) in [5.41, 5.74) is 6.92. The van der Waals surface area contributed by atoms with Crippen molar-refractivity contribution in [2.45, 2.75) is 30.8 Å². The summed E-state index contributed by atoms with van der Waals surface area (Å²) < 4.78 is 4.77. The molecule has 30 heavy (non-hydrogen) atoms. The van der Waals surface area contributed by atoms with Crippen LogP contribution in [0.25, 0.3) is 0 Å². The zero-order valence-electron chi connectivity index (χ0n) is 16.8. The van der Waals surface area contributed by atoms with Crippen LogP contribution in [0.5, 0.6) is 0 Å². The van der Waals surface area contributed by atoms with E-state index in [1.165, 1.54) is 7.11 Å². The molecule has 2 heterocycles. The van der Waals surface area contributed by atoms with Gasteiger partial charge in [-0.15, -0.1) is 0 Å². The number of methoxy groups -OCH3 is 1. The van der Waals surface area contributed by atoms with Crippen LogP contribution in [0.2, 0.25) is 0 Å². The Bertz CT molecular complexity index is 1080. The normalized spacial score (nSPS) is 29.1. The SMILES string of the molecule is COC(=O)c1ccc([C@H]2[C@@H]3C(=C[C@H]4CC[C@H]3N4C)C(C#N)=C(N)C2(C#N)C#N)cc1. The Morgan fingerprint density at radius 3 is 2.43 bits per heavy atom. The van der Waals surface area contributed by atoms with E-state index in [0.717, 1.165) is 24.0 Å². The number of hydrogen-bond acceptors (Lipinski definition) is 7. The van der Waals surface area contributed by atoms with Crippen molar-refractivity contribution in [1.29, 1.82) is 15.8 Å². The number of esters is 1. The number of carbonyl (C=O) groups excluding carboxylic acids is 1. The molecule has 150 valence electrons.